The molecule has 1 amide bonds. The van der Waals surface area contributed by atoms with E-state index in [0.29, 0.717) is 25.0 Å². The zero-order valence-corrected chi connectivity index (χ0v) is 15.6. The molecule has 1 aromatic heterocycles. The van der Waals surface area contributed by atoms with Crippen molar-refractivity contribution in [3.8, 4) is 0 Å². The van der Waals surface area contributed by atoms with E-state index in [9.17, 15) is 19.7 Å². The van der Waals surface area contributed by atoms with Gasteiger partial charge in [-0.1, -0.05) is 18.2 Å². The van der Waals surface area contributed by atoms with Crippen molar-refractivity contribution < 1.29 is 14.1 Å². The number of hydrogen-bond donors (Lipinski definition) is 2. The zero-order chi connectivity index (χ0) is 20.4. The zero-order valence-electron chi connectivity index (χ0n) is 15.6. The first kappa shape index (κ1) is 18.9. The van der Waals surface area contributed by atoms with E-state index < -0.39 is 10.7 Å². The van der Waals surface area contributed by atoms with Crippen molar-refractivity contribution in [3.63, 3.8) is 0 Å². The molecule has 9 heteroatoms. The molecule has 0 spiro atoms. The minimum absolute atomic E-state index is 0.0971. The van der Waals surface area contributed by atoms with E-state index in [0.717, 1.165) is 18.7 Å². The lowest BCUT2D eigenvalue weighted by atomic mass is 10.1. The lowest BCUT2D eigenvalue weighted by Gasteiger charge is -2.07. The van der Waals surface area contributed by atoms with Gasteiger partial charge in [0.25, 0.3) is 5.69 Å². The van der Waals surface area contributed by atoms with Gasteiger partial charge in [-0.25, -0.2) is 4.79 Å². The van der Waals surface area contributed by atoms with E-state index in [1.165, 1.54) is 33.9 Å². The number of carbonyl (C=O) groups is 1. The molecule has 4 rings (SSSR count). The number of nitrogens with one attached hydrogen (secondary N) is 2. The van der Waals surface area contributed by atoms with Gasteiger partial charge in [-0.2, -0.15) is 0 Å². The molecule has 1 aliphatic rings. The van der Waals surface area contributed by atoms with E-state index >= 15 is 0 Å². The molecule has 3 aromatic rings. The first-order valence-electron chi connectivity index (χ1n) is 9.37. The summed E-state index contributed by atoms with van der Waals surface area (Å²) < 4.78 is 6.48. The third-order valence-electron chi connectivity index (χ3n) is 5.04. The fourth-order valence-corrected chi connectivity index (χ4v) is 3.53. The van der Waals surface area contributed by atoms with E-state index in [1.807, 2.05) is 6.07 Å². The molecule has 0 saturated heterocycles. The molecule has 0 saturated carbocycles. The highest BCUT2D eigenvalue weighted by Crippen LogP contribution is 2.20. The largest absolute Gasteiger partial charge is 0.419 e. The van der Waals surface area contributed by atoms with Gasteiger partial charge in [0.2, 0.25) is 5.91 Å². The fraction of sp³-hybridized carbons (Fsp3) is 0.300. The van der Waals surface area contributed by atoms with Crippen molar-refractivity contribution >= 4 is 22.7 Å². The highest BCUT2D eigenvalue weighted by molar-refractivity contribution is 5.76. The van der Waals surface area contributed by atoms with Gasteiger partial charge in [-0.15, -0.1) is 0 Å². The summed E-state index contributed by atoms with van der Waals surface area (Å²) in [6.07, 6.45) is 0.712. The molecule has 2 heterocycles. The number of aromatic nitrogens is 1. The third-order valence-corrected chi connectivity index (χ3v) is 5.04. The first-order chi connectivity index (χ1) is 14.0. The first-order valence-corrected chi connectivity index (χ1v) is 9.37. The van der Waals surface area contributed by atoms with Crippen LogP contribution < -0.4 is 16.4 Å². The van der Waals surface area contributed by atoms with Crippen LogP contribution in [0, 0.1) is 10.1 Å². The Balaban J connectivity index is 1.32. The van der Waals surface area contributed by atoms with Gasteiger partial charge in [0, 0.05) is 38.7 Å². The number of nitrogens with zero attached hydrogens (tertiary/aromatic N) is 2. The molecular weight excluding hydrogens is 376 g/mol. The Morgan fingerprint density at radius 3 is 2.86 bits per heavy atom. The van der Waals surface area contributed by atoms with Crippen molar-refractivity contribution in [1.29, 1.82) is 0 Å². The highest BCUT2D eigenvalue weighted by Gasteiger charge is 2.14. The van der Waals surface area contributed by atoms with Gasteiger partial charge in [0.05, 0.1) is 16.5 Å². The molecule has 2 aromatic carbocycles. The van der Waals surface area contributed by atoms with E-state index in [1.54, 1.807) is 0 Å². The summed E-state index contributed by atoms with van der Waals surface area (Å²) in [7, 11) is 0. The van der Waals surface area contributed by atoms with Gasteiger partial charge in [-0.05, 0) is 29.2 Å². The van der Waals surface area contributed by atoms with Crippen LogP contribution in [0.1, 0.15) is 29.5 Å². The molecule has 0 radical (unpaired) electrons. The Kier molecular flexibility index (Phi) is 5.13. The summed E-state index contributed by atoms with van der Waals surface area (Å²) in [4.78, 5) is 34.4. The Bertz CT molecular complexity index is 1150. The van der Waals surface area contributed by atoms with Gasteiger partial charge in [-0.3, -0.25) is 19.5 Å². The number of hydrogen-bond acceptors (Lipinski definition) is 6. The minimum Gasteiger partial charge on any atom is -0.407 e. The van der Waals surface area contributed by atoms with Crippen LogP contribution in [0.3, 0.4) is 0 Å². The second-order valence-corrected chi connectivity index (χ2v) is 7.02. The van der Waals surface area contributed by atoms with Crippen LogP contribution in [0.5, 0.6) is 0 Å². The van der Waals surface area contributed by atoms with Crippen LogP contribution in [0.25, 0.3) is 11.1 Å². The van der Waals surface area contributed by atoms with Crippen molar-refractivity contribution in [3.05, 3.63) is 73.8 Å². The van der Waals surface area contributed by atoms with Crippen LogP contribution in [-0.4, -0.2) is 15.4 Å². The number of rotatable bonds is 7. The number of amides is 1. The molecule has 0 fully saturated rings. The smallest absolute Gasteiger partial charge is 0.407 e. The number of aryl methyl sites for hydroxylation is 1. The van der Waals surface area contributed by atoms with Gasteiger partial charge >= 0.3 is 5.76 Å². The van der Waals surface area contributed by atoms with E-state index in [-0.39, 0.29) is 23.6 Å². The fourth-order valence-electron chi connectivity index (χ4n) is 3.53. The average Bonchev–Trinajstić information content (AvgIpc) is 3.29. The van der Waals surface area contributed by atoms with Crippen molar-refractivity contribution in [2.24, 2.45) is 0 Å². The molecule has 1 aliphatic heterocycles. The van der Waals surface area contributed by atoms with Crippen LogP contribution in [-0.2, 0) is 31.0 Å². The number of oxazole rings is 1. The lowest BCUT2D eigenvalue weighted by Crippen LogP contribution is -2.23. The molecule has 29 heavy (non-hydrogen) atoms. The van der Waals surface area contributed by atoms with Crippen molar-refractivity contribution in [2.75, 3.05) is 0 Å². The summed E-state index contributed by atoms with van der Waals surface area (Å²) in [6, 6.07) is 10.2. The quantitative estimate of drug-likeness (QED) is 0.467. The SMILES string of the molecule is O=C(CCCn1c(=O)oc2cc([N+](=O)[O-])ccc21)NCc1ccc2c(c1)CNC2. The second-order valence-electron chi connectivity index (χ2n) is 7.02. The number of fused-ring (bicyclic) bond motifs is 2. The van der Waals surface area contributed by atoms with Crippen LogP contribution in [0.4, 0.5) is 5.69 Å². The topological polar surface area (TPSA) is 119 Å². The maximum absolute atomic E-state index is 12.1. The summed E-state index contributed by atoms with van der Waals surface area (Å²) >= 11 is 0. The van der Waals surface area contributed by atoms with Crippen LogP contribution in [0.2, 0.25) is 0 Å². The molecule has 0 aliphatic carbocycles. The standard InChI is InChI=1S/C20H20N4O5/c25-19(22-10-13-3-4-14-11-21-12-15(14)8-13)2-1-7-23-17-6-5-16(24(27)28)9-18(17)29-20(23)26/h3-6,8-9,21H,1-2,7,10-12H2,(H,22,25). The predicted octanol–water partition coefficient (Wildman–Crippen LogP) is 2.20. The summed E-state index contributed by atoms with van der Waals surface area (Å²) in [5, 5.41) is 17.0. The average molecular weight is 396 g/mol. The molecule has 0 unspecified atom stereocenters. The number of benzene rings is 2. The molecular formula is C20H20N4O5. The van der Waals surface area contributed by atoms with E-state index in [4.69, 9.17) is 4.42 Å². The van der Waals surface area contributed by atoms with Gasteiger partial charge < -0.3 is 15.1 Å². The molecule has 0 bridgehead atoms. The normalized spacial score (nSPS) is 12.8. The summed E-state index contributed by atoms with van der Waals surface area (Å²) in [5.41, 5.74) is 4.12. The molecule has 0 atom stereocenters. The Morgan fingerprint density at radius 1 is 1.21 bits per heavy atom. The number of nitro benzene ring substituents is 1. The maximum atomic E-state index is 12.1. The summed E-state index contributed by atoms with van der Waals surface area (Å²) in [5.74, 6) is -0.687. The number of nitro groups is 1. The molecule has 2 N–H and O–H groups in total. The van der Waals surface area contributed by atoms with Crippen LogP contribution in [0.15, 0.2) is 45.6 Å². The number of carbonyl (C=O) groups excluding carboxylic acids is 1. The maximum Gasteiger partial charge on any atom is 0.419 e. The highest BCUT2D eigenvalue weighted by atomic mass is 16.6. The predicted molar refractivity (Wildman–Crippen MR) is 105 cm³/mol. The summed E-state index contributed by atoms with van der Waals surface area (Å²) in [6.45, 7) is 2.50. The van der Waals surface area contributed by atoms with E-state index in [2.05, 4.69) is 22.8 Å². The Hall–Kier alpha value is -3.46. The monoisotopic (exact) mass is 396 g/mol. The second kappa shape index (κ2) is 7.88. The Labute approximate surface area is 165 Å². The minimum atomic E-state index is -0.590. The van der Waals surface area contributed by atoms with Crippen LogP contribution >= 0.6 is 0 Å². The molecule has 9 nitrogen and oxygen atoms in total. The third kappa shape index (κ3) is 4.04. The van der Waals surface area contributed by atoms with Crippen molar-refractivity contribution in [2.45, 2.75) is 39.0 Å². The lowest BCUT2D eigenvalue weighted by molar-refractivity contribution is -0.384. The Morgan fingerprint density at radius 2 is 2.03 bits per heavy atom. The van der Waals surface area contributed by atoms with Crippen molar-refractivity contribution in [1.82, 2.24) is 15.2 Å². The number of non-ortho nitro benzene ring substituents is 1. The van der Waals surface area contributed by atoms with Gasteiger partial charge in [0.1, 0.15) is 0 Å². The van der Waals surface area contributed by atoms with Gasteiger partial charge in [0.15, 0.2) is 5.58 Å². The molecule has 150 valence electrons.